The molecule has 0 bridgehead atoms. The van der Waals surface area contributed by atoms with Crippen molar-refractivity contribution in [3.63, 3.8) is 0 Å². The van der Waals surface area contributed by atoms with E-state index in [1.165, 1.54) is 5.56 Å². The maximum atomic E-state index is 5.57. The van der Waals surface area contributed by atoms with Crippen LogP contribution in [0.1, 0.15) is 11.3 Å². The minimum Gasteiger partial charge on any atom is -0.396 e. The Morgan fingerprint density at radius 2 is 2.21 bits per heavy atom. The lowest BCUT2D eigenvalue weighted by Gasteiger charge is -1.97. The predicted octanol–water partition coefficient (Wildman–Crippen LogP) is 0.556. The number of aromatic nitrogens is 4. The Morgan fingerprint density at radius 1 is 1.43 bits per heavy atom. The van der Waals surface area contributed by atoms with Crippen LogP contribution in [0.4, 0.5) is 5.69 Å². The normalized spacial score (nSPS) is 10.7. The molecule has 0 fully saturated rings. The van der Waals surface area contributed by atoms with Crippen LogP contribution in [0.2, 0.25) is 0 Å². The summed E-state index contributed by atoms with van der Waals surface area (Å²) in [5.41, 5.74) is 8.44. The molecule has 2 rings (SSSR count). The highest BCUT2D eigenvalue weighted by atomic mass is 15.3. The van der Waals surface area contributed by atoms with E-state index in [1.807, 2.05) is 20.2 Å². The van der Waals surface area contributed by atoms with Gasteiger partial charge in [-0.05, 0) is 12.5 Å². The van der Waals surface area contributed by atoms with Crippen molar-refractivity contribution >= 4 is 5.69 Å². The maximum absolute atomic E-state index is 5.57. The van der Waals surface area contributed by atoms with Crippen LogP contribution in [0.5, 0.6) is 0 Å². The molecular weight excluding hydrogens is 178 g/mol. The molecule has 0 saturated carbocycles. The first-order chi connectivity index (χ1) is 6.65. The largest absolute Gasteiger partial charge is 0.396 e. The van der Waals surface area contributed by atoms with E-state index in [1.54, 1.807) is 21.8 Å². The van der Waals surface area contributed by atoms with Gasteiger partial charge in [-0.1, -0.05) is 0 Å². The van der Waals surface area contributed by atoms with Crippen molar-refractivity contribution in [3.05, 3.63) is 29.8 Å². The summed E-state index contributed by atoms with van der Waals surface area (Å²) in [7, 11) is 1.91. The van der Waals surface area contributed by atoms with E-state index >= 15 is 0 Å². The van der Waals surface area contributed by atoms with Crippen LogP contribution in [0.3, 0.4) is 0 Å². The van der Waals surface area contributed by atoms with Gasteiger partial charge in [-0.2, -0.15) is 10.2 Å². The Labute approximate surface area is 82.1 Å². The molecule has 0 saturated heterocycles. The summed E-state index contributed by atoms with van der Waals surface area (Å²) < 4.78 is 3.59. The average molecular weight is 191 g/mol. The van der Waals surface area contributed by atoms with Gasteiger partial charge >= 0.3 is 0 Å². The van der Waals surface area contributed by atoms with Gasteiger partial charge in [0.1, 0.15) is 0 Å². The van der Waals surface area contributed by atoms with Crippen LogP contribution in [0.25, 0.3) is 0 Å². The first kappa shape index (κ1) is 8.80. The van der Waals surface area contributed by atoms with Gasteiger partial charge in [0.15, 0.2) is 0 Å². The molecule has 5 nitrogen and oxygen atoms in total. The number of hydrogen-bond acceptors (Lipinski definition) is 3. The molecule has 0 amide bonds. The van der Waals surface area contributed by atoms with Gasteiger partial charge in [0.25, 0.3) is 0 Å². The Bertz CT molecular complexity index is 440. The molecule has 2 aromatic heterocycles. The SMILES string of the molecule is Cc1cn(C)nc1Cn1cc(N)cn1. The number of nitrogens with zero attached hydrogens (tertiary/aromatic N) is 4. The summed E-state index contributed by atoms with van der Waals surface area (Å²) >= 11 is 0. The van der Waals surface area contributed by atoms with E-state index in [2.05, 4.69) is 10.2 Å². The Morgan fingerprint density at radius 3 is 2.71 bits per heavy atom. The van der Waals surface area contributed by atoms with Gasteiger partial charge in [-0.25, -0.2) is 0 Å². The summed E-state index contributed by atoms with van der Waals surface area (Å²) in [6, 6.07) is 0. The number of anilines is 1. The third-order valence-electron chi connectivity index (χ3n) is 2.08. The van der Waals surface area contributed by atoms with Gasteiger partial charge in [-0.15, -0.1) is 0 Å². The van der Waals surface area contributed by atoms with Crippen molar-refractivity contribution in [2.75, 3.05) is 5.73 Å². The quantitative estimate of drug-likeness (QED) is 0.754. The number of hydrogen-bond donors (Lipinski definition) is 1. The van der Waals surface area contributed by atoms with Gasteiger partial charge in [0.05, 0.1) is 24.1 Å². The number of nitrogens with two attached hydrogens (primary N) is 1. The van der Waals surface area contributed by atoms with Crippen LogP contribution in [0, 0.1) is 6.92 Å². The topological polar surface area (TPSA) is 61.7 Å². The minimum absolute atomic E-state index is 0.671. The molecule has 2 heterocycles. The number of aryl methyl sites for hydroxylation is 2. The van der Waals surface area contributed by atoms with E-state index in [9.17, 15) is 0 Å². The van der Waals surface area contributed by atoms with Crippen molar-refractivity contribution in [2.45, 2.75) is 13.5 Å². The summed E-state index contributed by atoms with van der Waals surface area (Å²) in [5.74, 6) is 0. The Balaban J connectivity index is 2.22. The van der Waals surface area contributed by atoms with E-state index in [0.29, 0.717) is 12.2 Å². The zero-order valence-electron chi connectivity index (χ0n) is 8.31. The first-order valence-corrected chi connectivity index (χ1v) is 4.42. The minimum atomic E-state index is 0.671. The average Bonchev–Trinajstić information content (AvgIpc) is 2.61. The summed E-state index contributed by atoms with van der Waals surface area (Å²) in [5, 5.41) is 8.43. The van der Waals surface area contributed by atoms with Crippen molar-refractivity contribution in [3.8, 4) is 0 Å². The van der Waals surface area contributed by atoms with Crippen molar-refractivity contribution in [1.82, 2.24) is 19.6 Å². The van der Waals surface area contributed by atoms with Crippen LogP contribution in [0.15, 0.2) is 18.6 Å². The fourth-order valence-corrected chi connectivity index (χ4v) is 1.43. The molecule has 0 aliphatic carbocycles. The Hall–Kier alpha value is -1.78. The van der Waals surface area contributed by atoms with Gasteiger partial charge in [0, 0.05) is 19.4 Å². The summed E-state index contributed by atoms with van der Waals surface area (Å²) in [6.07, 6.45) is 5.43. The molecular formula is C9H13N5. The molecule has 0 aliphatic rings. The second-order valence-electron chi connectivity index (χ2n) is 3.40. The molecule has 2 aromatic rings. The molecule has 2 N–H and O–H groups in total. The lowest BCUT2D eigenvalue weighted by Crippen LogP contribution is -2.02. The molecule has 0 radical (unpaired) electrons. The number of nitrogen functional groups attached to an aromatic ring is 1. The standard InChI is InChI=1S/C9H13N5/c1-7-4-13(2)12-9(7)6-14-5-8(10)3-11-14/h3-5H,6,10H2,1-2H3. The molecule has 74 valence electrons. The summed E-state index contributed by atoms with van der Waals surface area (Å²) in [4.78, 5) is 0. The zero-order valence-corrected chi connectivity index (χ0v) is 8.31. The van der Waals surface area contributed by atoms with Crippen molar-refractivity contribution in [2.24, 2.45) is 7.05 Å². The molecule has 0 atom stereocenters. The van der Waals surface area contributed by atoms with Crippen LogP contribution >= 0.6 is 0 Å². The molecule has 14 heavy (non-hydrogen) atoms. The molecule has 5 heteroatoms. The highest BCUT2D eigenvalue weighted by Gasteiger charge is 2.04. The van der Waals surface area contributed by atoms with Crippen molar-refractivity contribution in [1.29, 1.82) is 0 Å². The highest BCUT2D eigenvalue weighted by molar-refractivity contribution is 5.30. The lowest BCUT2D eigenvalue weighted by molar-refractivity contribution is 0.649. The molecule has 0 aromatic carbocycles. The van der Waals surface area contributed by atoms with Gasteiger partial charge in [-0.3, -0.25) is 9.36 Å². The third-order valence-corrected chi connectivity index (χ3v) is 2.08. The van der Waals surface area contributed by atoms with Crippen LogP contribution in [-0.2, 0) is 13.6 Å². The Kier molecular flexibility index (Phi) is 1.99. The van der Waals surface area contributed by atoms with Crippen LogP contribution in [-0.4, -0.2) is 19.6 Å². The highest BCUT2D eigenvalue weighted by Crippen LogP contribution is 2.07. The number of rotatable bonds is 2. The monoisotopic (exact) mass is 191 g/mol. The predicted molar refractivity (Wildman–Crippen MR) is 53.7 cm³/mol. The first-order valence-electron chi connectivity index (χ1n) is 4.42. The fourth-order valence-electron chi connectivity index (χ4n) is 1.43. The van der Waals surface area contributed by atoms with E-state index in [4.69, 9.17) is 5.73 Å². The van der Waals surface area contributed by atoms with Crippen LogP contribution < -0.4 is 5.73 Å². The molecule has 0 unspecified atom stereocenters. The molecule has 0 aliphatic heterocycles. The van der Waals surface area contributed by atoms with E-state index < -0.39 is 0 Å². The fraction of sp³-hybridized carbons (Fsp3) is 0.333. The molecule has 0 spiro atoms. The van der Waals surface area contributed by atoms with Gasteiger partial charge < -0.3 is 5.73 Å². The maximum Gasteiger partial charge on any atom is 0.0868 e. The van der Waals surface area contributed by atoms with Gasteiger partial charge in [0.2, 0.25) is 0 Å². The third kappa shape index (κ3) is 1.61. The second-order valence-corrected chi connectivity index (χ2v) is 3.40. The smallest absolute Gasteiger partial charge is 0.0868 e. The second kappa shape index (κ2) is 3.17. The van der Waals surface area contributed by atoms with E-state index in [-0.39, 0.29) is 0 Å². The lowest BCUT2D eigenvalue weighted by atomic mass is 10.3. The summed E-state index contributed by atoms with van der Waals surface area (Å²) in [6.45, 7) is 2.71. The van der Waals surface area contributed by atoms with E-state index in [0.717, 1.165) is 5.69 Å². The van der Waals surface area contributed by atoms with Crippen molar-refractivity contribution < 1.29 is 0 Å². The zero-order chi connectivity index (χ0) is 10.1.